The number of carbonyl (C=O) groups excluding carboxylic acids is 1. The van der Waals surface area contributed by atoms with Crippen LogP contribution in [-0.2, 0) is 16.0 Å². The fourth-order valence-corrected chi connectivity index (χ4v) is 5.18. The maximum Gasteiger partial charge on any atom is 0.326 e. The van der Waals surface area contributed by atoms with Crippen molar-refractivity contribution < 1.29 is 24.2 Å². The van der Waals surface area contributed by atoms with E-state index in [4.69, 9.17) is 9.47 Å². The molecule has 2 N–H and O–H groups in total. The van der Waals surface area contributed by atoms with Crippen molar-refractivity contribution in [2.24, 2.45) is 5.41 Å². The lowest BCUT2D eigenvalue weighted by atomic mass is 9.74. The molecular weight excluding hydrogens is 438 g/mol. The Morgan fingerprint density at radius 2 is 1.67 bits per heavy atom. The zero-order valence-corrected chi connectivity index (χ0v) is 20.7. The number of carboxylic acids is 1. The van der Waals surface area contributed by atoms with Crippen LogP contribution in [0.1, 0.15) is 33.3 Å². The molecule has 0 saturated carbocycles. The van der Waals surface area contributed by atoms with Gasteiger partial charge in [-0.25, -0.2) is 4.79 Å². The predicted molar refractivity (Wildman–Crippen MR) is 132 cm³/mol. The topological polar surface area (TPSA) is 84.9 Å². The van der Waals surface area contributed by atoms with Crippen molar-refractivity contribution in [1.82, 2.24) is 5.32 Å². The monoisotopic (exact) mass is 469 g/mol. The van der Waals surface area contributed by atoms with E-state index >= 15 is 0 Å². The van der Waals surface area contributed by atoms with Gasteiger partial charge in [0.05, 0.1) is 30.1 Å². The number of ether oxygens (including phenoxy) is 2. The largest absolute Gasteiger partial charge is 0.496 e. The molecular formula is C26H31NO5S. The Balaban J connectivity index is 1.95. The minimum atomic E-state index is -0.989. The summed E-state index contributed by atoms with van der Waals surface area (Å²) in [5.41, 5.74) is 2.48. The third-order valence-electron chi connectivity index (χ3n) is 5.66. The van der Waals surface area contributed by atoms with Gasteiger partial charge in [0.2, 0.25) is 0 Å². The van der Waals surface area contributed by atoms with Crippen LogP contribution < -0.4 is 14.8 Å². The van der Waals surface area contributed by atoms with Gasteiger partial charge in [-0.3, -0.25) is 4.79 Å². The van der Waals surface area contributed by atoms with E-state index in [-0.39, 0.29) is 17.5 Å². The highest BCUT2D eigenvalue weighted by Crippen LogP contribution is 2.47. The van der Waals surface area contributed by atoms with Crippen LogP contribution in [-0.4, -0.2) is 42.4 Å². The van der Waals surface area contributed by atoms with Gasteiger partial charge in [0.25, 0.3) is 0 Å². The number of rotatable bonds is 10. The summed E-state index contributed by atoms with van der Waals surface area (Å²) in [7, 11) is 3.17. The lowest BCUT2D eigenvalue weighted by Gasteiger charge is -2.40. The van der Waals surface area contributed by atoms with E-state index < -0.39 is 17.4 Å². The van der Waals surface area contributed by atoms with Crippen molar-refractivity contribution in [3.05, 3.63) is 58.6 Å². The quantitative estimate of drug-likeness (QED) is 0.511. The van der Waals surface area contributed by atoms with Crippen LogP contribution in [0.25, 0.3) is 11.1 Å². The number of hydrogen-bond donors (Lipinski definition) is 2. The number of carboxylic acid groups (broad SMARTS) is 1. The Morgan fingerprint density at radius 1 is 1.09 bits per heavy atom. The molecule has 0 radical (unpaired) electrons. The SMILES string of the molecule is COc1cc(CC(NC2=C(SC(C)C)C(=O)C2(C)C)C(=O)O)cc(OC)c1-c1ccccc1. The van der Waals surface area contributed by atoms with Crippen LogP contribution in [0.15, 0.2) is 53.1 Å². The molecule has 3 rings (SSSR count). The second-order valence-corrected chi connectivity index (χ2v) is 10.4. The van der Waals surface area contributed by atoms with E-state index in [2.05, 4.69) is 5.32 Å². The van der Waals surface area contributed by atoms with E-state index in [1.807, 2.05) is 70.2 Å². The first-order valence-electron chi connectivity index (χ1n) is 10.9. The molecule has 0 aliphatic heterocycles. The predicted octanol–water partition coefficient (Wildman–Crippen LogP) is 4.92. The average Bonchev–Trinajstić information content (AvgIpc) is 2.79. The third-order valence-corrected chi connectivity index (χ3v) is 6.76. The molecule has 2 aromatic rings. The van der Waals surface area contributed by atoms with E-state index in [9.17, 15) is 14.7 Å². The summed E-state index contributed by atoms with van der Waals surface area (Å²) in [6.45, 7) is 7.66. The second-order valence-electron chi connectivity index (χ2n) is 8.81. The fraction of sp³-hybridized carbons (Fsp3) is 0.385. The molecule has 0 spiro atoms. The van der Waals surface area contributed by atoms with Crippen molar-refractivity contribution in [3.63, 3.8) is 0 Å². The van der Waals surface area contributed by atoms with Crippen LogP contribution in [0.4, 0.5) is 0 Å². The van der Waals surface area contributed by atoms with Gasteiger partial charge >= 0.3 is 5.97 Å². The number of methoxy groups -OCH3 is 2. The summed E-state index contributed by atoms with van der Waals surface area (Å²) in [5, 5.41) is 13.3. The van der Waals surface area contributed by atoms with Gasteiger partial charge in [0.15, 0.2) is 5.78 Å². The molecule has 0 aromatic heterocycles. The van der Waals surface area contributed by atoms with Crippen molar-refractivity contribution in [2.75, 3.05) is 14.2 Å². The standard InChI is InChI=1S/C26H31NO5S/c1-15(2)33-22-23(26(3,4)24(22)28)27-18(25(29)30)12-16-13-19(31-5)21(20(14-16)32-6)17-10-8-7-9-11-17/h7-11,13-15,18,27H,12H2,1-6H3,(H,29,30). The Kier molecular flexibility index (Phi) is 7.42. The number of thioether (sulfide) groups is 1. The fourth-order valence-electron chi connectivity index (χ4n) is 3.91. The van der Waals surface area contributed by atoms with Crippen LogP contribution in [0.5, 0.6) is 11.5 Å². The van der Waals surface area contributed by atoms with Crippen LogP contribution >= 0.6 is 11.8 Å². The van der Waals surface area contributed by atoms with Gasteiger partial charge in [0, 0.05) is 17.4 Å². The van der Waals surface area contributed by atoms with Crippen LogP contribution in [0.3, 0.4) is 0 Å². The minimum Gasteiger partial charge on any atom is -0.496 e. The van der Waals surface area contributed by atoms with E-state index in [0.29, 0.717) is 22.1 Å². The molecule has 6 nitrogen and oxygen atoms in total. The lowest BCUT2D eigenvalue weighted by molar-refractivity contribution is -0.139. The Hall–Kier alpha value is -2.93. The van der Waals surface area contributed by atoms with Crippen molar-refractivity contribution in [2.45, 2.75) is 45.4 Å². The summed E-state index contributed by atoms with van der Waals surface area (Å²) < 4.78 is 11.3. The van der Waals surface area contributed by atoms with E-state index in [1.54, 1.807) is 14.2 Å². The first-order valence-corrected chi connectivity index (χ1v) is 11.7. The normalized spacial score (nSPS) is 15.8. The van der Waals surface area contributed by atoms with E-state index in [1.165, 1.54) is 11.8 Å². The van der Waals surface area contributed by atoms with Crippen molar-refractivity contribution in [1.29, 1.82) is 0 Å². The highest BCUT2D eigenvalue weighted by molar-refractivity contribution is 8.04. The van der Waals surface area contributed by atoms with Crippen LogP contribution in [0, 0.1) is 5.41 Å². The van der Waals surface area contributed by atoms with Gasteiger partial charge in [-0.15, -0.1) is 11.8 Å². The molecule has 33 heavy (non-hydrogen) atoms. The summed E-state index contributed by atoms with van der Waals surface area (Å²) in [5.74, 6) is 0.267. The zero-order chi connectivity index (χ0) is 24.3. The summed E-state index contributed by atoms with van der Waals surface area (Å²) in [6, 6.07) is 12.5. The molecule has 7 heteroatoms. The van der Waals surface area contributed by atoms with Crippen molar-refractivity contribution >= 4 is 23.5 Å². The highest BCUT2D eigenvalue weighted by Gasteiger charge is 2.48. The number of hydrogen-bond acceptors (Lipinski definition) is 6. The molecule has 1 aliphatic carbocycles. The Bertz CT molecular complexity index is 1050. The van der Waals surface area contributed by atoms with Crippen molar-refractivity contribution in [3.8, 4) is 22.6 Å². The first-order chi connectivity index (χ1) is 15.6. The number of benzene rings is 2. The summed E-state index contributed by atoms with van der Waals surface area (Å²) >= 11 is 1.47. The molecule has 0 amide bonds. The van der Waals surface area contributed by atoms with Gasteiger partial charge < -0.3 is 19.9 Å². The second kappa shape index (κ2) is 9.91. The van der Waals surface area contributed by atoms with Gasteiger partial charge in [-0.1, -0.05) is 44.2 Å². The molecule has 0 heterocycles. The first kappa shape index (κ1) is 24.7. The summed E-state index contributed by atoms with van der Waals surface area (Å²) in [6.07, 6.45) is 0.199. The van der Waals surface area contributed by atoms with Gasteiger partial charge in [-0.2, -0.15) is 0 Å². The molecule has 0 saturated heterocycles. The molecule has 176 valence electrons. The third kappa shape index (κ3) is 5.03. The Morgan fingerprint density at radius 3 is 2.15 bits per heavy atom. The minimum absolute atomic E-state index is 0.0448. The summed E-state index contributed by atoms with van der Waals surface area (Å²) in [4.78, 5) is 25.4. The van der Waals surface area contributed by atoms with Crippen LogP contribution in [0.2, 0.25) is 0 Å². The molecule has 2 aromatic carbocycles. The number of carbonyl (C=O) groups is 2. The number of ketones is 1. The zero-order valence-electron chi connectivity index (χ0n) is 19.9. The highest BCUT2D eigenvalue weighted by atomic mass is 32.2. The number of nitrogens with one attached hydrogen (secondary N) is 1. The molecule has 1 atom stereocenters. The van der Waals surface area contributed by atoms with E-state index in [0.717, 1.165) is 16.7 Å². The molecule has 1 unspecified atom stereocenters. The number of aliphatic carboxylic acids is 1. The Labute approximate surface area is 199 Å². The molecule has 0 bridgehead atoms. The number of Topliss-reactive ketones (excluding diaryl/α,β-unsaturated/α-hetero) is 1. The average molecular weight is 470 g/mol. The molecule has 1 aliphatic rings. The molecule has 0 fully saturated rings. The lowest BCUT2D eigenvalue weighted by Crippen LogP contribution is -2.50. The van der Waals surface area contributed by atoms with Gasteiger partial charge in [-0.05, 0) is 37.1 Å². The smallest absolute Gasteiger partial charge is 0.326 e. The maximum atomic E-state index is 12.6. The van der Waals surface area contributed by atoms with Gasteiger partial charge in [0.1, 0.15) is 17.5 Å². The number of allylic oxidation sites excluding steroid dienone is 2. The maximum absolute atomic E-state index is 12.6.